The van der Waals surface area contributed by atoms with Gasteiger partial charge < -0.3 is 58.3 Å². The van der Waals surface area contributed by atoms with E-state index in [2.05, 4.69) is 31.6 Å². The number of nitrogens with one attached hydrogen (secondary N) is 3. The predicted molar refractivity (Wildman–Crippen MR) is 441 cm³/mol. The molecule has 16 rings (SSSR count). The molecule has 4 aliphatic heterocycles. The zero-order chi connectivity index (χ0) is 83.4. The van der Waals surface area contributed by atoms with Gasteiger partial charge in [0, 0.05) is 108 Å². The van der Waals surface area contributed by atoms with E-state index < -0.39 is 53.9 Å². The van der Waals surface area contributed by atoms with Gasteiger partial charge in [0.25, 0.3) is 17.7 Å². The van der Waals surface area contributed by atoms with E-state index >= 15 is 0 Å². The predicted octanol–water partition coefficient (Wildman–Crippen LogP) is 14.2. The lowest BCUT2D eigenvalue weighted by Crippen LogP contribution is -2.41. The van der Waals surface area contributed by atoms with E-state index in [0.717, 1.165) is 11.0 Å². The average Bonchev–Trinajstić information content (AvgIpc) is 1.08. The van der Waals surface area contributed by atoms with Crippen LogP contribution in [0.25, 0.3) is 100 Å². The summed E-state index contributed by atoms with van der Waals surface area (Å²) in [4.78, 5) is 112. The van der Waals surface area contributed by atoms with Crippen molar-refractivity contribution in [3.63, 3.8) is 0 Å². The minimum atomic E-state index is -1.27. The number of hydrogen-bond acceptors (Lipinski definition) is 21. The number of para-hydroxylation sites is 1. The molecule has 1 fully saturated rings. The van der Waals surface area contributed by atoms with E-state index in [9.17, 15) is 78.9 Å². The Morgan fingerprint density at radius 2 is 0.686 bits per heavy atom. The van der Waals surface area contributed by atoms with Crippen molar-refractivity contribution >= 4 is 99.8 Å². The van der Waals surface area contributed by atoms with Gasteiger partial charge in [-0.3, -0.25) is 28.8 Å². The first-order valence-corrected chi connectivity index (χ1v) is 36.1. The number of aromatic hydroxyl groups is 4. The molecule has 0 unspecified atom stereocenters. The van der Waals surface area contributed by atoms with Crippen LogP contribution in [0.15, 0.2) is 286 Å². The highest BCUT2D eigenvalue weighted by atomic mass is 16.7. The van der Waals surface area contributed by atoms with Gasteiger partial charge in [-0.15, -0.1) is 0 Å². The highest BCUT2D eigenvalue weighted by Crippen LogP contribution is 2.46. The first-order chi connectivity index (χ1) is 56.6. The molecule has 3 amide bonds. The van der Waals surface area contributed by atoms with Gasteiger partial charge in [0.15, 0.2) is 16.3 Å². The van der Waals surface area contributed by atoms with Crippen LogP contribution in [0, 0.1) is 0 Å². The van der Waals surface area contributed by atoms with Crippen LogP contribution < -0.4 is 38.0 Å². The Balaban J connectivity index is 0.000000147. The van der Waals surface area contributed by atoms with Gasteiger partial charge in [-0.25, -0.2) is 30.7 Å². The van der Waals surface area contributed by atoms with Crippen LogP contribution in [-0.2, 0) is 9.31 Å². The van der Waals surface area contributed by atoms with Crippen molar-refractivity contribution in [1.29, 1.82) is 0 Å². The SMILES string of the molecule is CC1(C)OB(c2ccccc2/C=N/NC(=O)c2ccc(-c3c4ccc(=O)cc-4oc4cc(O)ccc34)c(C(=O)O)c2)OC1(C)C.O=C(N/N=C/c1ccccc1)c1ccc(-c2c3ccc(=O)cc-3oc3cc(O)ccc23)c(C(=O)O)c1.O=C(N/N=C/c1ccccc1O)c1ccc(-c2c3ccc(=O)cc-3oc3cc(O)ccc23)c(C(=O)O)c1. The molecular formula is C90H65BN6O21. The van der Waals surface area contributed by atoms with E-state index in [1.54, 1.807) is 54.6 Å². The third-order valence-electron chi connectivity index (χ3n) is 19.7. The Morgan fingerprint density at radius 1 is 0.356 bits per heavy atom. The number of phenolic OH excluding ortho intramolecular Hbond substituents is 4. The summed E-state index contributed by atoms with van der Waals surface area (Å²) in [6.07, 6.45) is 4.23. The molecule has 0 saturated carbocycles. The van der Waals surface area contributed by atoms with Gasteiger partial charge in [0.05, 0.1) is 46.5 Å². The number of rotatable bonds is 16. The number of phenols is 4. The molecule has 3 aliphatic carbocycles. The van der Waals surface area contributed by atoms with Crippen molar-refractivity contribution < 1.29 is 87.1 Å². The molecule has 10 N–H and O–H groups in total. The van der Waals surface area contributed by atoms with Crippen LogP contribution in [0.3, 0.4) is 0 Å². The average molecular weight is 1580 g/mol. The number of benzene rings is 12. The minimum Gasteiger partial charge on any atom is -0.508 e. The van der Waals surface area contributed by atoms with Crippen LogP contribution in [0.5, 0.6) is 23.0 Å². The summed E-state index contributed by atoms with van der Waals surface area (Å²) < 4.78 is 29.9. The van der Waals surface area contributed by atoms with Crippen LogP contribution in [0.2, 0.25) is 0 Å². The second-order valence-electron chi connectivity index (χ2n) is 27.9. The van der Waals surface area contributed by atoms with Crippen molar-refractivity contribution in [2.24, 2.45) is 15.3 Å². The van der Waals surface area contributed by atoms with Crippen molar-refractivity contribution in [3.05, 3.63) is 323 Å². The van der Waals surface area contributed by atoms with Crippen LogP contribution in [-0.4, -0.2) is 108 Å². The summed E-state index contributed by atoms with van der Waals surface area (Å²) in [5.74, 6) is -5.11. The Kier molecular flexibility index (Phi) is 21.8. The summed E-state index contributed by atoms with van der Waals surface area (Å²) in [7, 11) is -0.624. The first kappa shape index (κ1) is 78.7. The molecule has 9 aromatic carbocycles. The maximum Gasteiger partial charge on any atom is 0.495 e. The number of fused-ring (bicyclic) bond motifs is 6. The lowest BCUT2D eigenvalue weighted by Gasteiger charge is -2.32. The zero-order valence-corrected chi connectivity index (χ0v) is 62.6. The Morgan fingerprint density at radius 3 is 1.06 bits per heavy atom. The van der Waals surface area contributed by atoms with Crippen LogP contribution in [0.4, 0.5) is 0 Å². The Bertz CT molecular complexity index is 6750. The maximum absolute atomic E-state index is 13.1. The van der Waals surface area contributed by atoms with E-state index in [0.29, 0.717) is 71.8 Å². The number of nitrogens with zero attached hydrogens (tertiary/aromatic N) is 3. The molecule has 118 heavy (non-hydrogen) atoms. The summed E-state index contributed by atoms with van der Waals surface area (Å²) in [5, 5.41) is 83.4. The number of carboxylic acids is 3. The Labute approximate surface area is 667 Å². The van der Waals surface area contributed by atoms with E-state index in [4.69, 9.17) is 22.6 Å². The molecule has 7 aliphatic rings. The molecule has 0 atom stereocenters. The summed E-state index contributed by atoms with van der Waals surface area (Å²) >= 11 is 0. The molecule has 28 heteroatoms. The number of carbonyl (C=O) groups is 6. The van der Waals surface area contributed by atoms with E-state index in [1.165, 1.54) is 152 Å². The fourth-order valence-corrected chi connectivity index (χ4v) is 13.3. The van der Waals surface area contributed by atoms with Gasteiger partial charge in [-0.05, 0) is 182 Å². The number of hydrazone groups is 3. The summed E-state index contributed by atoms with van der Waals surface area (Å²) in [5.41, 5.74) is 12.3. The highest BCUT2D eigenvalue weighted by Gasteiger charge is 2.52. The number of carbonyl (C=O) groups excluding carboxylic acids is 3. The third-order valence-corrected chi connectivity index (χ3v) is 19.7. The second-order valence-corrected chi connectivity index (χ2v) is 27.9. The molecule has 0 bridgehead atoms. The number of carboxylic acid groups (broad SMARTS) is 3. The van der Waals surface area contributed by atoms with E-state index in [1.807, 2.05) is 82.3 Å². The van der Waals surface area contributed by atoms with Crippen LogP contribution in [0.1, 0.15) is 107 Å². The topological polar surface area (TPSA) is 426 Å². The normalized spacial score (nSPS) is 12.9. The zero-order valence-electron chi connectivity index (χ0n) is 62.6. The summed E-state index contributed by atoms with van der Waals surface area (Å²) in [6, 6.07) is 61.7. The lowest BCUT2D eigenvalue weighted by molar-refractivity contribution is 0.00578. The molecule has 9 aromatic rings. The standard InChI is InChI=1S/C34H29BN2O8.C28H18N2O7.C28H18N2O6/c1-33(2)34(3,4)45-35(44-33)27-8-6-5-7-20(27)18-36-37-31(40)19-9-12-23(26(15-19)32(41)42)30-24-13-10-21(38)16-28(24)43-29-17-22(39)11-14-25(29)30;31-17-6-9-20-24(12-17)37-25-13-18(32)7-10-21(25)26(20)19-8-5-15(11-22(19)28(35)36)27(34)30-29-14-16-3-1-2-4-23(16)33;31-18-7-10-21-24(13-18)36-25-14-19(32)8-11-22(25)26(21)20-9-6-17(12-23(20)28(34)35)27(33)30-29-15-16-4-2-1-3-5-16/h5-18,38H,1-4H3,(H,37,40)(H,41,42);1-14,31,33H,(H,30,34)(H,35,36);1-15,31H,(H,30,33)(H,34,35)/b36-18+;29-14+;29-15+. The number of hydrogen-bond donors (Lipinski definition) is 10. The molecule has 0 spiro atoms. The smallest absolute Gasteiger partial charge is 0.495 e. The quantitative estimate of drug-likeness (QED) is 0.0186. The maximum atomic E-state index is 13.1. The third kappa shape index (κ3) is 16.5. The molecule has 27 nitrogen and oxygen atoms in total. The number of aromatic carboxylic acids is 3. The highest BCUT2D eigenvalue weighted by molar-refractivity contribution is 6.63. The largest absolute Gasteiger partial charge is 0.508 e. The van der Waals surface area contributed by atoms with Gasteiger partial charge in [-0.2, -0.15) is 15.3 Å². The molecule has 0 aromatic heterocycles. The number of amides is 3. The summed E-state index contributed by atoms with van der Waals surface area (Å²) in [6.45, 7) is 7.86. The van der Waals surface area contributed by atoms with Crippen molar-refractivity contribution in [1.82, 2.24) is 16.3 Å². The fraction of sp³-hybridized carbons (Fsp3) is 0.0667. The van der Waals surface area contributed by atoms with Crippen molar-refractivity contribution in [2.45, 2.75) is 38.9 Å². The lowest BCUT2D eigenvalue weighted by atomic mass is 9.76. The molecular weight excluding hydrogens is 1510 g/mol. The van der Waals surface area contributed by atoms with Gasteiger partial charge >= 0.3 is 25.0 Å². The first-order valence-electron chi connectivity index (χ1n) is 36.1. The van der Waals surface area contributed by atoms with Gasteiger partial charge in [-0.1, -0.05) is 84.9 Å². The molecule has 584 valence electrons. The monoisotopic (exact) mass is 1580 g/mol. The molecule has 4 heterocycles. The minimum absolute atomic E-state index is 0.00974. The van der Waals surface area contributed by atoms with E-state index in [-0.39, 0.29) is 112 Å². The molecule has 1 saturated heterocycles. The fourth-order valence-electron chi connectivity index (χ4n) is 13.3. The van der Waals surface area contributed by atoms with Crippen molar-refractivity contribution in [3.8, 4) is 90.3 Å². The van der Waals surface area contributed by atoms with Crippen molar-refractivity contribution in [2.75, 3.05) is 0 Å². The van der Waals surface area contributed by atoms with Crippen LogP contribution >= 0.6 is 0 Å². The van der Waals surface area contributed by atoms with Gasteiger partial charge in [0.2, 0.25) is 0 Å². The van der Waals surface area contributed by atoms with Gasteiger partial charge in [0.1, 0.15) is 57.0 Å². The Hall–Kier alpha value is -15.9. The molecule has 0 radical (unpaired) electrons. The second kappa shape index (κ2) is 32.6.